The summed E-state index contributed by atoms with van der Waals surface area (Å²) in [6.45, 7) is 10.4. The first-order valence-corrected chi connectivity index (χ1v) is 14.7. The highest BCUT2D eigenvalue weighted by molar-refractivity contribution is 6.30. The van der Waals surface area contributed by atoms with Crippen LogP contribution < -0.4 is 4.90 Å². The number of carbonyl (C=O) groups excluding carboxylic acids is 3. The highest BCUT2D eigenvalue weighted by Gasteiger charge is 2.79. The normalized spacial score (nSPS) is 28.4. The lowest BCUT2D eigenvalue weighted by molar-refractivity contribution is -0.160. The number of benzene rings is 1. The van der Waals surface area contributed by atoms with Crippen molar-refractivity contribution in [3.8, 4) is 0 Å². The first-order valence-electron chi connectivity index (χ1n) is 14.4. The molecule has 0 aliphatic carbocycles. The number of likely N-dealkylation sites (tertiary alicyclic amines) is 1. The fraction of sp³-hybridized carbons (Fsp3) is 0.581. The zero-order valence-electron chi connectivity index (χ0n) is 23.4. The number of ether oxygens (including phenoxy) is 2. The molecule has 3 fully saturated rings. The summed E-state index contributed by atoms with van der Waals surface area (Å²) in [6, 6.07) is 6.10. The Hall–Kier alpha value is -2.68. The minimum absolute atomic E-state index is 0.120. The molecule has 9 heteroatoms. The third-order valence-electron chi connectivity index (χ3n) is 8.76. The predicted octanol–water partition coefficient (Wildman–Crippen LogP) is 4.69. The summed E-state index contributed by atoms with van der Waals surface area (Å²) in [5, 5.41) is 9.71. The molecule has 3 heterocycles. The van der Waals surface area contributed by atoms with Gasteiger partial charge in [0.05, 0.1) is 18.1 Å². The molecule has 3 aliphatic heterocycles. The number of aliphatic hydroxyl groups is 1. The van der Waals surface area contributed by atoms with Gasteiger partial charge in [-0.25, -0.2) is 0 Å². The number of hydrogen-bond donors (Lipinski definition) is 1. The SMILES string of the molecule is C=CCCOC(=O)[C@H]1[C@H]2C(=O)N(CCCCCCO)C(C(=O)N(CC=C)c3ccc(Cl)cc3)C23CC[C@]1(CC)O3. The molecule has 3 saturated heterocycles. The van der Waals surface area contributed by atoms with Crippen LogP contribution in [-0.2, 0) is 23.9 Å². The zero-order chi connectivity index (χ0) is 28.9. The maximum atomic E-state index is 14.5. The van der Waals surface area contributed by atoms with Gasteiger partial charge in [0.1, 0.15) is 17.6 Å². The molecule has 3 aliphatic rings. The average molecular weight is 573 g/mol. The fourth-order valence-electron chi connectivity index (χ4n) is 6.90. The maximum absolute atomic E-state index is 14.5. The van der Waals surface area contributed by atoms with Crippen LogP contribution in [0.1, 0.15) is 58.3 Å². The Bertz CT molecular complexity index is 1110. The van der Waals surface area contributed by atoms with Crippen LogP contribution in [0.25, 0.3) is 0 Å². The van der Waals surface area contributed by atoms with E-state index < -0.39 is 35.0 Å². The molecule has 1 aromatic rings. The van der Waals surface area contributed by atoms with E-state index in [4.69, 9.17) is 26.2 Å². The molecule has 0 saturated carbocycles. The molecular formula is C31H41ClN2O6. The van der Waals surface area contributed by atoms with E-state index in [0.717, 1.165) is 12.8 Å². The van der Waals surface area contributed by atoms with Crippen molar-refractivity contribution < 1.29 is 29.0 Å². The molecule has 2 amide bonds. The molecule has 1 N–H and O–H groups in total. The lowest BCUT2D eigenvalue weighted by atomic mass is 9.65. The zero-order valence-corrected chi connectivity index (χ0v) is 24.1. The molecule has 0 aromatic heterocycles. The number of nitrogens with zero attached hydrogens (tertiary/aromatic N) is 2. The molecule has 218 valence electrons. The van der Waals surface area contributed by atoms with Crippen molar-refractivity contribution in [2.45, 2.75) is 75.5 Å². The third-order valence-corrected chi connectivity index (χ3v) is 9.01. The molecule has 8 nitrogen and oxygen atoms in total. The monoisotopic (exact) mass is 572 g/mol. The maximum Gasteiger partial charge on any atom is 0.312 e. The van der Waals surface area contributed by atoms with Gasteiger partial charge in [-0.2, -0.15) is 0 Å². The van der Waals surface area contributed by atoms with Crippen LogP contribution in [0, 0.1) is 11.8 Å². The number of esters is 1. The van der Waals surface area contributed by atoms with Crippen molar-refractivity contribution in [2.24, 2.45) is 11.8 Å². The largest absolute Gasteiger partial charge is 0.465 e. The van der Waals surface area contributed by atoms with Crippen molar-refractivity contribution in [3.63, 3.8) is 0 Å². The van der Waals surface area contributed by atoms with Gasteiger partial charge in [0.15, 0.2) is 0 Å². The topological polar surface area (TPSA) is 96.4 Å². The predicted molar refractivity (Wildman–Crippen MR) is 154 cm³/mol. The van der Waals surface area contributed by atoms with Crippen molar-refractivity contribution in [1.82, 2.24) is 4.90 Å². The van der Waals surface area contributed by atoms with Crippen molar-refractivity contribution in [1.29, 1.82) is 0 Å². The number of halogens is 1. The van der Waals surface area contributed by atoms with E-state index in [1.165, 1.54) is 0 Å². The summed E-state index contributed by atoms with van der Waals surface area (Å²) in [5.41, 5.74) is -1.33. The first kappa shape index (κ1) is 30.3. The standard InChI is InChI=1S/C31H41ClN2O6/c1-4-7-21-39-29(38)25-24-27(36)34(19-10-8-9-11-20-35)26(31(24)17-16-30(25,6-3)40-31)28(37)33(18-5-2)23-14-12-22(32)13-15-23/h4-5,12-15,24-26,35H,1-2,6-11,16-21H2,3H3/t24-,25+,26?,30-,31?/m0/s1. The van der Waals surface area contributed by atoms with Crippen molar-refractivity contribution >= 4 is 35.1 Å². The van der Waals surface area contributed by atoms with Gasteiger partial charge in [0, 0.05) is 30.4 Å². The fourth-order valence-corrected chi connectivity index (χ4v) is 7.02. The lowest BCUT2D eigenvalue weighted by Crippen LogP contribution is -2.56. The Morgan fingerprint density at radius 1 is 1.18 bits per heavy atom. The molecule has 1 spiro atoms. The number of rotatable bonds is 15. The summed E-state index contributed by atoms with van der Waals surface area (Å²) in [7, 11) is 0. The molecule has 0 radical (unpaired) electrons. The Morgan fingerprint density at radius 3 is 2.55 bits per heavy atom. The van der Waals surface area contributed by atoms with E-state index in [9.17, 15) is 14.4 Å². The number of unbranched alkanes of at least 4 members (excludes halogenated alkanes) is 3. The summed E-state index contributed by atoms with van der Waals surface area (Å²) in [5.74, 6) is -2.50. The van der Waals surface area contributed by atoms with Crippen LogP contribution in [0.5, 0.6) is 0 Å². The van der Waals surface area contributed by atoms with E-state index >= 15 is 0 Å². The second-order valence-corrected chi connectivity index (χ2v) is 11.4. The Morgan fingerprint density at radius 2 is 1.90 bits per heavy atom. The van der Waals surface area contributed by atoms with Crippen molar-refractivity contribution in [2.75, 3.05) is 31.2 Å². The smallest absolute Gasteiger partial charge is 0.312 e. The summed E-state index contributed by atoms with van der Waals surface area (Å²) >= 11 is 6.12. The van der Waals surface area contributed by atoms with Crippen LogP contribution in [0.4, 0.5) is 5.69 Å². The van der Waals surface area contributed by atoms with Crippen LogP contribution in [0.2, 0.25) is 5.02 Å². The summed E-state index contributed by atoms with van der Waals surface area (Å²) in [4.78, 5) is 45.5. The molecule has 1 aromatic carbocycles. The van der Waals surface area contributed by atoms with E-state index in [1.54, 1.807) is 46.2 Å². The van der Waals surface area contributed by atoms with Gasteiger partial charge >= 0.3 is 5.97 Å². The molecule has 4 rings (SSSR count). The van der Waals surface area contributed by atoms with E-state index in [0.29, 0.717) is 55.8 Å². The van der Waals surface area contributed by atoms with Gasteiger partial charge in [-0.1, -0.05) is 43.5 Å². The molecule has 2 unspecified atom stereocenters. The number of carbonyl (C=O) groups is 3. The number of aliphatic hydroxyl groups excluding tert-OH is 1. The minimum atomic E-state index is -1.12. The Labute approximate surface area is 241 Å². The third kappa shape index (κ3) is 5.33. The molecule has 5 atom stereocenters. The quantitative estimate of drug-likeness (QED) is 0.186. The van der Waals surface area contributed by atoms with Crippen LogP contribution in [0.3, 0.4) is 0 Å². The van der Waals surface area contributed by atoms with Gasteiger partial charge < -0.3 is 24.4 Å². The second kappa shape index (κ2) is 12.9. The van der Waals surface area contributed by atoms with Crippen LogP contribution >= 0.6 is 11.6 Å². The van der Waals surface area contributed by atoms with E-state index in [-0.39, 0.29) is 31.6 Å². The van der Waals surface area contributed by atoms with E-state index in [2.05, 4.69) is 13.2 Å². The minimum Gasteiger partial charge on any atom is -0.465 e. The molecular weight excluding hydrogens is 532 g/mol. The highest BCUT2D eigenvalue weighted by atomic mass is 35.5. The summed E-state index contributed by atoms with van der Waals surface area (Å²) in [6.07, 6.45) is 8.46. The lowest BCUT2D eigenvalue weighted by Gasteiger charge is -2.37. The summed E-state index contributed by atoms with van der Waals surface area (Å²) < 4.78 is 12.4. The number of hydrogen-bond acceptors (Lipinski definition) is 6. The number of anilines is 1. The van der Waals surface area contributed by atoms with Gasteiger partial charge in [-0.15, -0.1) is 13.2 Å². The number of amides is 2. The van der Waals surface area contributed by atoms with Gasteiger partial charge in [-0.05, 0) is 62.8 Å². The second-order valence-electron chi connectivity index (χ2n) is 11.0. The molecule has 2 bridgehead atoms. The van der Waals surface area contributed by atoms with E-state index in [1.807, 2.05) is 6.92 Å². The van der Waals surface area contributed by atoms with Crippen LogP contribution in [0.15, 0.2) is 49.6 Å². The van der Waals surface area contributed by atoms with Crippen molar-refractivity contribution in [3.05, 3.63) is 54.6 Å². The molecule has 40 heavy (non-hydrogen) atoms. The number of fused-ring (bicyclic) bond motifs is 1. The average Bonchev–Trinajstić information content (AvgIpc) is 3.55. The van der Waals surface area contributed by atoms with Gasteiger partial charge in [0.25, 0.3) is 5.91 Å². The first-order chi connectivity index (χ1) is 19.3. The Balaban J connectivity index is 1.73. The van der Waals surface area contributed by atoms with Crippen LogP contribution in [-0.4, -0.2) is 71.3 Å². The Kier molecular flexibility index (Phi) is 9.75. The highest BCUT2D eigenvalue weighted by Crippen LogP contribution is 2.64. The van der Waals surface area contributed by atoms with Gasteiger partial charge in [0.2, 0.25) is 5.91 Å². The van der Waals surface area contributed by atoms with Gasteiger partial charge in [-0.3, -0.25) is 14.4 Å².